The molecule has 2 amide bonds. The monoisotopic (exact) mass is 397 g/mol. The lowest BCUT2D eigenvalue weighted by molar-refractivity contribution is -0.144. The molecule has 3 fully saturated rings. The average Bonchev–Trinajstić information content (AvgIpc) is 3.36. The normalized spacial score (nSPS) is 33.4. The van der Waals surface area contributed by atoms with Crippen LogP contribution in [0.3, 0.4) is 0 Å². The van der Waals surface area contributed by atoms with E-state index in [1.54, 1.807) is 7.11 Å². The topological polar surface area (TPSA) is 62.3 Å². The van der Waals surface area contributed by atoms with Crippen LogP contribution in [-0.4, -0.2) is 85.1 Å². The third kappa shape index (κ3) is 2.95. The van der Waals surface area contributed by atoms with Crippen molar-refractivity contribution in [2.75, 3.05) is 46.9 Å². The lowest BCUT2D eigenvalue weighted by atomic mass is 9.76. The molecule has 7 nitrogen and oxygen atoms in total. The highest BCUT2D eigenvalue weighted by atomic mass is 16.5. The van der Waals surface area contributed by atoms with Crippen LogP contribution in [0, 0.1) is 11.8 Å². The summed E-state index contributed by atoms with van der Waals surface area (Å²) in [5.74, 6) is 0.0252. The van der Waals surface area contributed by atoms with Gasteiger partial charge in [0.2, 0.25) is 11.8 Å². The molecule has 5 rings (SSSR count). The number of ether oxygens (including phenoxy) is 2. The van der Waals surface area contributed by atoms with Gasteiger partial charge in [0.15, 0.2) is 0 Å². The number of benzene rings is 1. The number of amides is 2. The molecular weight excluding hydrogens is 370 g/mol. The summed E-state index contributed by atoms with van der Waals surface area (Å²) in [6.07, 6.45) is 3.71. The van der Waals surface area contributed by atoms with Crippen molar-refractivity contribution in [3.63, 3.8) is 0 Å². The summed E-state index contributed by atoms with van der Waals surface area (Å²) in [5, 5.41) is 0. The molecule has 2 bridgehead atoms. The second-order valence-electron chi connectivity index (χ2n) is 8.57. The van der Waals surface area contributed by atoms with E-state index in [2.05, 4.69) is 11.9 Å². The van der Waals surface area contributed by atoms with Gasteiger partial charge in [0, 0.05) is 32.7 Å². The van der Waals surface area contributed by atoms with Crippen LogP contribution in [0.2, 0.25) is 0 Å². The first-order valence-electron chi connectivity index (χ1n) is 10.3. The van der Waals surface area contributed by atoms with E-state index in [-0.39, 0.29) is 17.9 Å². The molecule has 0 aliphatic carbocycles. The van der Waals surface area contributed by atoms with Gasteiger partial charge in [-0.15, -0.1) is 0 Å². The maximum absolute atomic E-state index is 13.4. The van der Waals surface area contributed by atoms with Gasteiger partial charge in [0.05, 0.1) is 31.6 Å². The standard InChI is InChI=1S/C22H27N3O4/c1-23-8-10-24(11-9-23)20(26)18-17-6-7-22(29-17)14-25(21(27)19(18)22)13-15-4-3-5-16(12-15)28-2/h3-7,12,17-19H,8-11,13-14H2,1-2H3/t17-,18?,19?,22-/m0/s1. The largest absolute Gasteiger partial charge is 0.497 e. The van der Waals surface area contributed by atoms with E-state index in [1.165, 1.54) is 0 Å². The molecule has 0 saturated carbocycles. The number of hydrogen-bond acceptors (Lipinski definition) is 5. The number of carbonyl (C=O) groups is 2. The number of piperazine rings is 1. The minimum atomic E-state index is -0.659. The van der Waals surface area contributed by atoms with Crippen LogP contribution in [0.15, 0.2) is 36.4 Å². The summed E-state index contributed by atoms with van der Waals surface area (Å²) in [7, 11) is 3.70. The minimum absolute atomic E-state index is 0.0205. The molecule has 154 valence electrons. The van der Waals surface area contributed by atoms with Crippen molar-refractivity contribution < 1.29 is 19.1 Å². The van der Waals surface area contributed by atoms with E-state index in [0.717, 1.165) is 24.4 Å². The molecule has 4 aliphatic heterocycles. The van der Waals surface area contributed by atoms with Gasteiger partial charge in [0.1, 0.15) is 11.4 Å². The Morgan fingerprint density at radius 3 is 2.83 bits per heavy atom. The molecule has 1 aromatic rings. The fraction of sp³-hybridized carbons (Fsp3) is 0.545. The van der Waals surface area contributed by atoms with Crippen LogP contribution in [0.4, 0.5) is 0 Å². The number of likely N-dealkylation sites (N-methyl/N-ethyl adjacent to an activating group) is 1. The smallest absolute Gasteiger partial charge is 0.230 e. The van der Waals surface area contributed by atoms with Crippen LogP contribution in [0.25, 0.3) is 0 Å². The molecule has 4 atom stereocenters. The zero-order valence-corrected chi connectivity index (χ0v) is 16.9. The van der Waals surface area contributed by atoms with E-state index < -0.39 is 17.4 Å². The van der Waals surface area contributed by atoms with Crippen LogP contribution in [0.1, 0.15) is 5.56 Å². The highest BCUT2D eigenvalue weighted by Gasteiger charge is 2.67. The van der Waals surface area contributed by atoms with Crippen molar-refractivity contribution >= 4 is 11.8 Å². The van der Waals surface area contributed by atoms with Gasteiger partial charge in [-0.05, 0) is 24.7 Å². The van der Waals surface area contributed by atoms with Crippen LogP contribution in [-0.2, 0) is 20.9 Å². The molecule has 3 saturated heterocycles. The first-order valence-corrected chi connectivity index (χ1v) is 10.3. The average molecular weight is 397 g/mol. The van der Waals surface area contributed by atoms with Crippen molar-refractivity contribution in [3.05, 3.63) is 42.0 Å². The summed E-state index contributed by atoms with van der Waals surface area (Å²) in [4.78, 5) is 32.7. The Morgan fingerprint density at radius 2 is 2.07 bits per heavy atom. The molecule has 29 heavy (non-hydrogen) atoms. The zero-order valence-electron chi connectivity index (χ0n) is 16.9. The Balaban J connectivity index is 1.36. The molecule has 0 N–H and O–H groups in total. The van der Waals surface area contributed by atoms with E-state index in [0.29, 0.717) is 26.2 Å². The second kappa shape index (κ2) is 6.85. The molecule has 7 heteroatoms. The molecule has 0 radical (unpaired) electrons. The predicted molar refractivity (Wildman–Crippen MR) is 106 cm³/mol. The van der Waals surface area contributed by atoms with E-state index in [9.17, 15) is 9.59 Å². The van der Waals surface area contributed by atoms with Crippen molar-refractivity contribution in [1.29, 1.82) is 0 Å². The zero-order chi connectivity index (χ0) is 20.2. The predicted octanol–water partition coefficient (Wildman–Crippen LogP) is 0.751. The highest BCUT2D eigenvalue weighted by molar-refractivity contribution is 5.93. The summed E-state index contributed by atoms with van der Waals surface area (Å²) in [6.45, 7) is 4.14. The fourth-order valence-electron chi connectivity index (χ4n) is 5.22. The first kappa shape index (κ1) is 18.6. The quantitative estimate of drug-likeness (QED) is 0.702. The second-order valence-corrected chi connectivity index (χ2v) is 8.57. The van der Waals surface area contributed by atoms with Crippen LogP contribution in [0.5, 0.6) is 5.75 Å². The van der Waals surface area contributed by atoms with Gasteiger partial charge in [0.25, 0.3) is 0 Å². The third-order valence-electron chi connectivity index (χ3n) is 6.79. The summed E-state index contributed by atoms with van der Waals surface area (Å²) in [6, 6.07) is 7.75. The molecule has 1 spiro atoms. The molecule has 4 heterocycles. The summed E-state index contributed by atoms with van der Waals surface area (Å²) in [5.41, 5.74) is 0.350. The SMILES string of the molecule is COc1cccc(CN2C[C@]34C=C[C@H](O3)C(C(=O)N3CCN(C)CC3)C4C2=O)c1. The van der Waals surface area contributed by atoms with Gasteiger partial charge < -0.3 is 24.2 Å². The molecule has 2 unspecified atom stereocenters. The molecule has 4 aliphatic rings. The van der Waals surface area contributed by atoms with Crippen molar-refractivity contribution in [3.8, 4) is 5.75 Å². The Kier molecular flexibility index (Phi) is 4.40. The Bertz CT molecular complexity index is 863. The van der Waals surface area contributed by atoms with Gasteiger partial charge in [-0.3, -0.25) is 9.59 Å². The van der Waals surface area contributed by atoms with Gasteiger partial charge >= 0.3 is 0 Å². The molecule has 0 aromatic heterocycles. The number of fused-ring (bicyclic) bond motifs is 1. The maximum atomic E-state index is 13.4. The Morgan fingerprint density at radius 1 is 1.28 bits per heavy atom. The number of hydrogen-bond donors (Lipinski definition) is 0. The molecular formula is C22H27N3O4. The van der Waals surface area contributed by atoms with Crippen LogP contribution < -0.4 is 4.74 Å². The molecule has 1 aromatic carbocycles. The third-order valence-corrected chi connectivity index (χ3v) is 6.79. The van der Waals surface area contributed by atoms with Crippen molar-refractivity contribution in [1.82, 2.24) is 14.7 Å². The number of likely N-dealkylation sites (tertiary alicyclic amines) is 1. The Hall–Kier alpha value is -2.38. The van der Waals surface area contributed by atoms with Gasteiger partial charge in [-0.1, -0.05) is 24.3 Å². The lowest BCUT2D eigenvalue weighted by Gasteiger charge is -2.35. The fourth-order valence-corrected chi connectivity index (χ4v) is 5.22. The van der Waals surface area contributed by atoms with E-state index in [1.807, 2.05) is 46.2 Å². The summed E-state index contributed by atoms with van der Waals surface area (Å²) < 4.78 is 11.6. The van der Waals surface area contributed by atoms with E-state index in [4.69, 9.17) is 9.47 Å². The minimum Gasteiger partial charge on any atom is -0.497 e. The first-order chi connectivity index (χ1) is 14.0. The van der Waals surface area contributed by atoms with Crippen LogP contribution >= 0.6 is 0 Å². The number of carbonyl (C=O) groups excluding carboxylic acids is 2. The summed E-state index contributed by atoms with van der Waals surface area (Å²) >= 11 is 0. The van der Waals surface area contributed by atoms with Crippen molar-refractivity contribution in [2.24, 2.45) is 11.8 Å². The highest BCUT2D eigenvalue weighted by Crippen LogP contribution is 2.52. The lowest BCUT2D eigenvalue weighted by Crippen LogP contribution is -2.52. The maximum Gasteiger partial charge on any atom is 0.230 e. The van der Waals surface area contributed by atoms with Crippen molar-refractivity contribution in [2.45, 2.75) is 18.2 Å². The van der Waals surface area contributed by atoms with Gasteiger partial charge in [-0.2, -0.15) is 0 Å². The van der Waals surface area contributed by atoms with E-state index >= 15 is 0 Å². The number of nitrogens with zero attached hydrogens (tertiary/aromatic N) is 3. The Labute approximate surface area is 170 Å². The van der Waals surface area contributed by atoms with Gasteiger partial charge in [-0.25, -0.2) is 0 Å². The number of rotatable bonds is 4. The number of methoxy groups -OCH3 is 1.